The first-order chi connectivity index (χ1) is 35.5. The lowest BCUT2D eigenvalue weighted by molar-refractivity contribution is -0.151. The minimum Gasteiger partial charge on any atom is -0.462 e. The summed E-state index contributed by atoms with van der Waals surface area (Å²) in [5, 5.41) is 24.0. The number of allylic oxidation sites excluding steroid dienone is 4. The molecule has 1 amide bonds. The lowest BCUT2D eigenvalue weighted by Crippen LogP contribution is -2.46. The normalized spacial score (nSPS) is 13.1. The van der Waals surface area contributed by atoms with Crippen molar-refractivity contribution in [1.29, 1.82) is 0 Å². The van der Waals surface area contributed by atoms with E-state index < -0.39 is 18.2 Å². The zero-order chi connectivity index (χ0) is 52.3. The number of aliphatic hydroxyl groups excluding tert-OH is 2. The second kappa shape index (κ2) is 60.2. The number of aliphatic hydroxyl groups is 2. The molecule has 3 N–H and O–H groups in total. The quantitative estimate of drug-likeness (QED) is 0.0320. The summed E-state index contributed by atoms with van der Waals surface area (Å²) in [6, 6.07) is -0.702. The molecule has 0 aromatic heterocycles. The fourth-order valence-corrected chi connectivity index (χ4v) is 10.3. The summed E-state index contributed by atoms with van der Waals surface area (Å²) in [5.41, 5.74) is 0. The molecule has 0 saturated carbocycles. The van der Waals surface area contributed by atoms with Crippen LogP contribution in [0.25, 0.3) is 0 Å². The Morgan fingerprint density at radius 1 is 0.403 bits per heavy atom. The number of amides is 1. The summed E-state index contributed by atoms with van der Waals surface area (Å²) in [7, 11) is 0. The Morgan fingerprint density at radius 3 is 1.08 bits per heavy atom. The van der Waals surface area contributed by atoms with E-state index in [1.807, 2.05) is 0 Å². The third kappa shape index (κ3) is 54.6. The first kappa shape index (κ1) is 70.3. The average molecular weight is 1010 g/mol. The summed E-state index contributed by atoms with van der Waals surface area (Å²) < 4.78 is 5.99. The molecular formula is C66H127NO5. The van der Waals surface area contributed by atoms with Gasteiger partial charge in [0.25, 0.3) is 0 Å². The van der Waals surface area contributed by atoms with Gasteiger partial charge >= 0.3 is 5.97 Å². The summed E-state index contributed by atoms with van der Waals surface area (Å²) in [6.45, 7) is 6.52. The molecule has 0 aliphatic carbocycles. The van der Waals surface area contributed by atoms with Crippen LogP contribution in [0.1, 0.15) is 361 Å². The Bertz CT molecular complexity index is 1140. The number of esters is 1. The van der Waals surface area contributed by atoms with E-state index in [1.54, 1.807) is 0 Å². The molecule has 3 unspecified atom stereocenters. The molecule has 6 heteroatoms. The minimum absolute atomic E-state index is 0.0788. The van der Waals surface area contributed by atoms with Crippen molar-refractivity contribution < 1.29 is 24.5 Å². The first-order valence-electron chi connectivity index (χ1n) is 32.6. The van der Waals surface area contributed by atoms with Crippen LogP contribution >= 0.6 is 0 Å². The van der Waals surface area contributed by atoms with E-state index in [0.717, 1.165) is 64.2 Å². The highest BCUT2D eigenvalue weighted by Crippen LogP contribution is 2.20. The van der Waals surface area contributed by atoms with Crippen LogP contribution in [0.15, 0.2) is 24.3 Å². The van der Waals surface area contributed by atoms with Gasteiger partial charge in [-0.2, -0.15) is 0 Å². The predicted molar refractivity (Wildman–Crippen MR) is 315 cm³/mol. The predicted octanol–water partition coefficient (Wildman–Crippen LogP) is 20.6. The van der Waals surface area contributed by atoms with Gasteiger partial charge < -0.3 is 20.3 Å². The van der Waals surface area contributed by atoms with Gasteiger partial charge in [0.1, 0.15) is 6.10 Å². The van der Waals surface area contributed by atoms with Crippen LogP contribution in [0.2, 0.25) is 0 Å². The van der Waals surface area contributed by atoms with Gasteiger partial charge in [-0.25, -0.2) is 0 Å². The third-order valence-electron chi connectivity index (χ3n) is 15.3. The molecule has 0 aliphatic rings. The highest BCUT2D eigenvalue weighted by molar-refractivity contribution is 5.77. The van der Waals surface area contributed by atoms with Crippen molar-refractivity contribution >= 4 is 11.9 Å². The average Bonchev–Trinajstić information content (AvgIpc) is 3.37. The Kier molecular flexibility index (Phi) is 58.8. The minimum atomic E-state index is -0.788. The summed E-state index contributed by atoms with van der Waals surface area (Å²) in [4.78, 5) is 26.4. The summed E-state index contributed by atoms with van der Waals surface area (Å²) in [5.74, 6) is -0.455. The fraction of sp³-hybridized carbons (Fsp3) is 0.909. The van der Waals surface area contributed by atoms with E-state index in [4.69, 9.17) is 4.74 Å². The zero-order valence-electron chi connectivity index (χ0n) is 48.8. The lowest BCUT2D eigenvalue weighted by atomic mass is 10.0. The SMILES string of the molecule is CCCCC/C=C\C/C=C\CCCCCCCCCC(CC(=O)NC(CO)C(O)CCCCCCCCCCCCCCCCCCC)OC(=O)CCCCCCCCCCCCCCCCCCCCC. The van der Waals surface area contributed by atoms with Crippen LogP contribution in [-0.2, 0) is 14.3 Å². The number of rotatable bonds is 60. The maximum absolute atomic E-state index is 13.3. The molecule has 0 bridgehead atoms. The van der Waals surface area contributed by atoms with Gasteiger partial charge in [-0.1, -0.05) is 315 Å². The molecule has 0 heterocycles. The third-order valence-corrected chi connectivity index (χ3v) is 15.3. The molecule has 426 valence electrons. The number of hydrogen-bond acceptors (Lipinski definition) is 5. The highest BCUT2D eigenvalue weighted by Gasteiger charge is 2.24. The molecule has 72 heavy (non-hydrogen) atoms. The molecule has 0 saturated heterocycles. The molecule has 6 nitrogen and oxygen atoms in total. The van der Waals surface area contributed by atoms with Gasteiger partial charge in [0, 0.05) is 6.42 Å². The summed E-state index contributed by atoms with van der Waals surface area (Å²) >= 11 is 0. The molecule has 0 spiro atoms. The number of ether oxygens (including phenoxy) is 1. The standard InChI is InChI=1S/C66H127NO5/c1-4-7-10-13-16-19-22-25-28-31-32-35-38-41-44-47-50-53-56-59-66(71)72-62(57-54-51-48-45-42-39-36-33-29-26-23-20-17-14-11-8-5-2)60-65(70)67-63(61-68)64(69)58-55-52-49-46-43-40-37-34-30-27-24-21-18-15-12-9-6-3/h17,20,26,29,62-64,68-69H,4-16,18-19,21-25,27-28,30-61H2,1-3H3,(H,67,70)/b20-17-,29-26-. The van der Waals surface area contributed by atoms with Crippen molar-refractivity contribution in [1.82, 2.24) is 5.32 Å². The number of carbonyl (C=O) groups is 2. The molecule has 3 atom stereocenters. The lowest BCUT2D eigenvalue weighted by Gasteiger charge is -2.24. The van der Waals surface area contributed by atoms with Crippen molar-refractivity contribution in [3.8, 4) is 0 Å². The van der Waals surface area contributed by atoms with Crippen LogP contribution in [0.3, 0.4) is 0 Å². The van der Waals surface area contributed by atoms with Gasteiger partial charge in [-0.3, -0.25) is 9.59 Å². The van der Waals surface area contributed by atoms with Crippen molar-refractivity contribution in [2.45, 2.75) is 379 Å². The van der Waals surface area contributed by atoms with Crippen LogP contribution in [0, 0.1) is 0 Å². The van der Waals surface area contributed by atoms with Gasteiger partial charge in [0.15, 0.2) is 0 Å². The van der Waals surface area contributed by atoms with Crippen molar-refractivity contribution in [2.75, 3.05) is 6.61 Å². The monoisotopic (exact) mass is 1010 g/mol. The smallest absolute Gasteiger partial charge is 0.306 e. The van der Waals surface area contributed by atoms with E-state index in [0.29, 0.717) is 19.3 Å². The van der Waals surface area contributed by atoms with Gasteiger partial charge in [-0.05, 0) is 57.8 Å². The second-order valence-corrected chi connectivity index (χ2v) is 22.5. The van der Waals surface area contributed by atoms with Crippen molar-refractivity contribution in [2.24, 2.45) is 0 Å². The zero-order valence-corrected chi connectivity index (χ0v) is 48.8. The Balaban J connectivity index is 4.49. The number of unbranched alkanes of at least 4 members (excludes halogenated alkanes) is 44. The second-order valence-electron chi connectivity index (χ2n) is 22.5. The molecule has 0 aliphatic heterocycles. The largest absolute Gasteiger partial charge is 0.462 e. The van der Waals surface area contributed by atoms with Crippen LogP contribution in [0.4, 0.5) is 0 Å². The van der Waals surface area contributed by atoms with Gasteiger partial charge in [0.2, 0.25) is 5.91 Å². The van der Waals surface area contributed by atoms with Gasteiger partial charge in [0.05, 0.1) is 25.2 Å². The Morgan fingerprint density at radius 2 is 0.708 bits per heavy atom. The molecule has 0 rings (SSSR count). The van der Waals surface area contributed by atoms with Crippen molar-refractivity contribution in [3.63, 3.8) is 0 Å². The van der Waals surface area contributed by atoms with E-state index in [1.165, 1.54) is 250 Å². The molecule has 0 radical (unpaired) electrons. The molecule has 0 fully saturated rings. The van der Waals surface area contributed by atoms with Crippen molar-refractivity contribution in [3.05, 3.63) is 24.3 Å². The number of hydrogen-bond donors (Lipinski definition) is 3. The Hall–Kier alpha value is -1.66. The number of nitrogens with one attached hydrogen (secondary N) is 1. The maximum Gasteiger partial charge on any atom is 0.306 e. The first-order valence-corrected chi connectivity index (χ1v) is 32.6. The van der Waals surface area contributed by atoms with Crippen LogP contribution in [0.5, 0.6) is 0 Å². The molecule has 0 aromatic rings. The van der Waals surface area contributed by atoms with Gasteiger partial charge in [-0.15, -0.1) is 0 Å². The number of carbonyl (C=O) groups excluding carboxylic acids is 2. The molecular weight excluding hydrogens is 887 g/mol. The maximum atomic E-state index is 13.3. The van der Waals surface area contributed by atoms with Crippen LogP contribution in [-0.4, -0.2) is 46.9 Å². The summed E-state index contributed by atoms with van der Waals surface area (Å²) in [6.07, 6.45) is 72.6. The van der Waals surface area contributed by atoms with Crippen LogP contribution < -0.4 is 5.32 Å². The fourth-order valence-electron chi connectivity index (χ4n) is 10.3. The highest BCUT2D eigenvalue weighted by atomic mass is 16.5. The van der Waals surface area contributed by atoms with E-state index in [-0.39, 0.29) is 24.9 Å². The van der Waals surface area contributed by atoms with E-state index >= 15 is 0 Å². The topological polar surface area (TPSA) is 95.9 Å². The van der Waals surface area contributed by atoms with E-state index in [9.17, 15) is 19.8 Å². The Labute approximate surface area is 450 Å². The van der Waals surface area contributed by atoms with E-state index in [2.05, 4.69) is 50.4 Å². The molecule has 0 aromatic carbocycles.